The predicted molar refractivity (Wildman–Crippen MR) is 136 cm³/mol. The highest BCUT2D eigenvalue weighted by atomic mass is 35.5. The van der Waals surface area contributed by atoms with Crippen molar-refractivity contribution in [3.8, 4) is 22.1 Å². The molecule has 0 bridgehead atoms. The molecule has 176 valence electrons. The number of imidazole rings is 1. The van der Waals surface area contributed by atoms with Crippen LogP contribution in [0, 0.1) is 5.92 Å². The van der Waals surface area contributed by atoms with Crippen molar-refractivity contribution in [2.24, 2.45) is 5.92 Å². The Morgan fingerprint density at radius 3 is 2.58 bits per heavy atom. The maximum absolute atomic E-state index is 13.5. The number of hydrogen-bond acceptors (Lipinski definition) is 4. The van der Waals surface area contributed by atoms with Crippen molar-refractivity contribution in [2.75, 3.05) is 14.2 Å². The number of methoxy groups -OCH3 is 1. The van der Waals surface area contributed by atoms with Crippen LogP contribution < -0.4 is 4.74 Å². The number of carbonyl (C=O) groups is 1. The number of fused-ring (bicyclic) bond motifs is 3. The maximum atomic E-state index is 13.5. The van der Waals surface area contributed by atoms with Gasteiger partial charge in [0.15, 0.2) is 11.5 Å². The second-order valence-corrected chi connectivity index (χ2v) is 11.8. The maximum Gasteiger partial charge on any atom is 0.274 e. The molecule has 0 atom stereocenters. The number of hydrogen-bond donors (Lipinski definition) is 0. The molecule has 0 fully saturated rings. The third kappa shape index (κ3) is 4.43. The van der Waals surface area contributed by atoms with E-state index in [1.54, 1.807) is 12.0 Å². The van der Waals surface area contributed by atoms with Gasteiger partial charge in [-0.3, -0.25) is 9.36 Å². The summed E-state index contributed by atoms with van der Waals surface area (Å²) in [6.45, 7) is 10.5. The third-order valence-electron chi connectivity index (χ3n) is 6.26. The van der Waals surface area contributed by atoms with Gasteiger partial charge in [-0.2, -0.15) is 0 Å². The van der Waals surface area contributed by atoms with E-state index < -0.39 is 0 Å². The van der Waals surface area contributed by atoms with Gasteiger partial charge in [-0.25, -0.2) is 4.98 Å². The lowest BCUT2D eigenvalue weighted by molar-refractivity contribution is 0.0649. The number of aromatic nitrogens is 2. The van der Waals surface area contributed by atoms with Gasteiger partial charge < -0.3 is 9.64 Å². The highest BCUT2D eigenvalue weighted by molar-refractivity contribution is 7.19. The van der Waals surface area contributed by atoms with Gasteiger partial charge in [-0.15, -0.1) is 11.3 Å². The Bertz CT molecular complexity index is 1200. The molecule has 1 aliphatic heterocycles. The molecule has 0 spiro atoms. The van der Waals surface area contributed by atoms with Crippen molar-refractivity contribution in [3.05, 3.63) is 51.1 Å². The Morgan fingerprint density at radius 1 is 1.27 bits per heavy atom. The van der Waals surface area contributed by atoms with E-state index in [1.165, 1.54) is 22.5 Å². The van der Waals surface area contributed by atoms with Gasteiger partial charge in [0.25, 0.3) is 5.91 Å². The molecule has 1 aliphatic rings. The minimum atomic E-state index is -0.301. The molecule has 0 N–H and O–H groups in total. The van der Waals surface area contributed by atoms with Crippen LogP contribution in [-0.2, 0) is 19.3 Å². The molecule has 7 heteroatoms. The highest BCUT2D eigenvalue weighted by Gasteiger charge is 2.33. The van der Waals surface area contributed by atoms with Gasteiger partial charge in [-0.1, -0.05) is 25.4 Å². The van der Waals surface area contributed by atoms with E-state index in [1.807, 2.05) is 40.0 Å². The third-order valence-corrected chi connectivity index (χ3v) is 7.49. The summed E-state index contributed by atoms with van der Waals surface area (Å²) in [5, 5.41) is 0. The Balaban J connectivity index is 1.95. The van der Waals surface area contributed by atoms with Crippen molar-refractivity contribution in [1.82, 2.24) is 14.5 Å². The summed E-state index contributed by atoms with van der Waals surface area (Å²) in [4.78, 5) is 21.2. The lowest BCUT2D eigenvalue weighted by Crippen LogP contribution is -2.43. The summed E-state index contributed by atoms with van der Waals surface area (Å²) in [6, 6.07) is 8.24. The van der Waals surface area contributed by atoms with Gasteiger partial charge in [0.05, 0.1) is 27.7 Å². The molecule has 0 saturated carbocycles. The number of ether oxygens (including phenoxy) is 1. The number of aryl methyl sites for hydroxylation is 1. The van der Waals surface area contributed by atoms with Crippen molar-refractivity contribution in [1.29, 1.82) is 0 Å². The Morgan fingerprint density at radius 2 is 2.00 bits per heavy atom. The van der Waals surface area contributed by atoms with E-state index in [2.05, 4.69) is 30.5 Å². The normalized spacial score (nSPS) is 13.1. The second-order valence-electron chi connectivity index (χ2n) is 10.1. The standard InChI is InChI=1S/C26H32ClN3O2S/c1-15(2)12-17-13-19-16(14-20(17)32-7)8-9-18-23(25(31)29(6)26(3,4)5)28-24(30(18)19)21-10-11-22(27)33-21/h10-11,13-15H,8-9,12H2,1-7H3. The van der Waals surface area contributed by atoms with E-state index in [-0.39, 0.29) is 11.4 Å². The van der Waals surface area contributed by atoms with Crippen LogP contribution in [0.3, 0.4) is 0 Å². The van der Waals surface area contributed by atoms with Gasteiger partial charge in [0, 0.05) is 12.6 Å². The van der Waals surface area contributed by atoms with Crippen LogP contribution in [0.1, 0.15) is 61.9 Å². The van der Waals surface area contributed by atoms with E-state index >= 15 is 0 Å². The van der Waals surface area contributed by atoms with Crippen molar-refractivity contribution in [2.45, 2.75) is 59.4 Å². The van der Waals surface area contributed by atoms with Crippen LogP contribution in [0.25, 0.3) is 16.4 Å². The summed E-state index contributed by atoms with van der Waals surface area (Å²) < 4.78 is 8.61. The van der Waals surface area contributed by atoms with Gasteiger partial charge in [0.2, 0.25) is 0 Å². The molecule has 3 heterocycles. The SMILES string of the molecule is COc1cc2c(cc1CC(C)C)-n1c(-c3ccc(Cl)s3)nc(C(=O)N(C)C(C)(C)C)c1CC2. The number of halogens is 1. The zero-order valence-corrected chi connectivity index (χ0v) is 22.0. The van der Waals surface area contributed by atoms with E-state index in [9.17, 15) is 4.79 Å². The second kappa shape index (κ2) is 8.80. The first kappa shape index (κ1) is 23.8. The summed E-state index contributed by atoms with van der Waals surface area (Å²) in [7, 11) is 3.58. The largest absolute Gasteiger partial charge is 0.496 e. The zero-order chi connectivity index (χ0) is 24.1. The molecule has 0 unspecified atom stereocenters. The average molecular weight is 486 g/mol. The fourth-order valence-electron chi connectivity index (χ4n) is 4.28. The summed E-state index contributed by atoms with van der Waals surface area (Å²) in [6.07, 6.45) is 2.49. The van der Waals surface area contributed by atoms with Crippen LogP contribution in [0.5, 0.6) is 5.75 Å². The van der Waals surface area contributed by atoms with Crippen LogP contribution in [-0.4, -0.2) is 40.1 Å². The topological polar surface area (TPSA) is 47.4 Å². The summed E-state index contributed by atoms with van der Waals surface area (Å²) in [5.41, 5.74) is 4.64. The first-order valence-electron chi connectivity index (χ1n) is 11.4. The molecule has 2 aromatic heterocycles. The fourth-order valence-corrected chi connectivity index (χ4v) is 5.31. The monoisotopic (exact) mass is 485 g/mol. The molecule has 4 rings (SSSR count). The lowest BCUT2D eigenvalue weighted by atomic mass is 9.94. The van der Waals surface area contributed by atoms with E-state index in [4.69, 9.17) is 21.3 Å². The lowest BCUT2D eigenvalue weighted by Gasteiger charge is -2.32. The number of thiophene rings is 1. The smallest absolute Gasteiger partial charge is 0.274 e. The van der Waals surface area contributed by atoms with Gasteiger partial charge in [-0.05, 0) is 81.3 Å². The molecule has 5 nitrogen and oxygen atoms in total. The Kier molecular flexibility index (Phi) is 6.36. The molecular weight excluding hydrogens is 454 g/mol. The van der Waals surface area contributed by atoms with Crippen molar-refractivity contribution < 1.29 is 9.53 Å². The summed E-state index contributed by atoms with van der Waals surface area (Å²) in [5.74, 6) is 2.14. The average Bonchev–Trinajstić information content (AvgIpc) is 3.34. The zero-order valence-electron chi connectivity index (χ0n) is 20.5. The van der Waals surface area contributed by atoms with Gasteiger partial charge in [0.1, 0.15) is 5.75 Å². The molecule has 3 aromatic rings. The molecule has 0 radical (unpaired) electrons. The van der Waals surface area contributed by atoms with Crippen molar-refractivity contribution in [3.63, 3.8) is 0 Å². The summed E-state index contributed by atoms with van der Waals surface area (Å²) >= 11 is 7.77. The molecule has 1 aromatic carbocycles. The van der Waals surface area contributed by atoms with Gasteiger partial charge >= 0.3 is 0 Å². The van der Waals surface area contributed by atoms with Crippen LogP contribution in [0.15, 0.2) is 24.3 Å². The van der Waals surface area contributed by atoms with Crippen molar-refractivity contribution >= 4 is 28.8 Å². The molecule has 1 amide bonds. The number of nitrogens with zero attached hydrogens (tertiary/aromatic N) is 3. The highest BCUT2D eigenvalue weighted by Crippen LogP contribution is 2.40. The molecule has 0 aliphatic carbocycles. The fraction of sp³-hybridized carbons (Fsp3) is 0.462. The molecule has 0 saturated heterocycles. The van der Waals surface area contributed by atoms with Crippen LogP contribution in [0.4, 0.5) is 0 Å². The predicted octanol–water partition coefficient (Wildman–Crippen LogP) is 6.43. The van der Waals surface area contributed by atoms with Crippen LogP contribution >= 0.6 is 22.9 Å². The molecular formula is C26H32ClN3O2S. The minimum absolute atomic E-state index is 0.0560. The number of amides is 1. The first-order chi connectivity index (χ1) is 15.5. The minimum Gasteiger partial charge on any atom is -0.496 e. The number of benzene rings is 1. The van der Waals surface area contributed by atoms with E-state index in [0.29, 0.717) is 15.9 Å². The van der Waals surface area contributed by atoms with E-state index in [0.717, 1.165) is 47.1 Å². The number of carbonyl (C=O) groups excluding carboxylic acids is 1. The Labute approximate surface area is 205 Å². The number of rotatable bonds is 5. The molecule has 33 heavy (non-hydrogen) atoms. The Hall–Kier alpha value is -2.31. The quantitative estimate of drug-likeness (QED) is 0.418. The first-order valence-corrected chi connectivity index (χ1v) is 12.6. The van der Waals surface area contributed by atoms with Crippen LogP contribution in [0.2, 0.25) is 4.34 Å².